The van der Waals surface area contributed by atoms with Crippen LogP contribution >= 0.6 is 0 Å². The summed E-state index contributed by atoms with van der Waals surface area (Å²) in [6, 6.07) is 0. The lowest BCUT2D eigenvalue weighted by Gasteiger charge is -2.23. The number of aliphatic hydroxyl groups excluding tert-OH is 3. The van der Waals surface area contributed by atoms with Crippen LogP contribution in [0.3, 0.4) is 0 Å². The van der Waals surface area contributed by atoms with Crippen molar-refractivity contribution in [2.45, 2.75) is 78.2 Å². The highest BCUT2D eigenvalue weighted by Crippen LogP contribution is 2.06. The van der Waals surface area contributed by atoms with E-state index in [1.807, 2.05) is 20.8 Å². The molecule has 168 valence electrons. The molecule has 28 heavy (non-hydrogen) atoms. The highest BCUT2D eigenvalue weighted by Gasteiger charge is 2.26. The lowest BCUT2D eigenvalue weighted by atomic mass is 10.2. The van der Waals surface area contributed by atoms with Crippen LogP contribution in [0.2, 0.25) is 0 Å². The Balaban J connectivity index is 4.51. The van der Waals surface area contributed by atoms with Gasteiger partial charge in [0.05, 0.1) is 76.3 Å². The molecule has 0 fully saturated rings. The lowest BCUT2D eigenvalue weighted by molar-refractivity contribution is -0.0728. The third-order valence-corrected chi connectivity index (χ3v) is 3.57. The molecule has 0 aromatic heterocycles. The van der Waals surface area contributed by atoms with Crippen molar-refractivity contribution in [2.75, 3.05) is 39.6 Å². The zero-order valence-electron chi connectivity index (χ0n) is 18.1. The quantitative estimate of drug-likeness (QED) is 0.276. The SMILES string of the molecule is CC(CO)OC(C)COB(OCC(C)OC(C)CO)OCC(C)OC(C)CO. The van der Waals surface area contributed by atoms with E-state index in [-0.39, 0.29) is 76.3 Å². The van der Waals surface area contributed by atoms with E-state index >= 15 is 0 Å². The van der Waals surface area contributed by atoms with Crippen molar-refractivity contribution in [3.8, 4) is 0 Å². The maximum Gasteiger partial charge on any atom is 0.639 e. The first-order valence-electron chi connectivity index (χ1n) is 9.85. The second-order valence-electron chi connectivity index (χ2n) is 7.11. The van der Waals surface area contributed by atoms with Crippen molar-refractivity contribution in [1.29, 1.82) is 0 Å². The topological polar surface area (TPSA) is 116 Å². The minimum atomic E-state index is -0.957. The van der Waals surface area contributed by atoms with Gasteiger partial charge in [0.25, 0.3) is 0 Å². The number of ether oxygens (including phenoxy) is 3. The van der Waals surface area contributed by atoms with Crippen molar-refractivity contribution >= 4 is 7.32 Å². The van der Waals surface area contributed by atoms with Crippen LogP contribution in [0, 0.1) is 0 Å². The summed E-state index contributed by atoms with van der Waals surface area (Å²) in [5.74, 6) is 0. The van der Waals surface area contributed by atoms with Crippen LogP contribution < -0.4 is 0 Å². The first-order chi connectivity index (χ1) is 13.2. The molecule has 0 spiro atoms. The zero-order chi connectivity index (χ0) is 21.5. The van der Waals surface area contributed by atoms with E-state index in [4.69, 9.17) is 43.5 Å². The number of rotatable bonds is 18. The van der Waals surface area contributed by atoms with Gasteiger partial charge < -0.3 is 43.5 Å². The molecule has 10 heteroatoms. The number of aliphatic hydroxyl groups is 3. The molecule has 0 saturated carbocycles. The predicted molar refractivity (Wildman–Crippen MR) is 105 cm³/mol. The van der Waals surface area contributed by atoms with Gasteiger partial charge in [-0.15, -0.1) is 0 Å². The molecule has 0 radical (unpaired) electrons. The lowest BCUT2D eigenvalue weighted by Crippen LogP contribution is -2.37. The molecule has 0 amide bonds. The first kappa shape index (κ1) is 27.7. The summed E-state index contributed by atoms with van der Waals surface area (Å²) < 4.78 is 33.6. The molecule has 6 unspecified atom stereocenters. The normalized spacial score (nSPS) is 18.3. The second-order valence-corrected chi connectivity index (χ2v) is 7.11. The van der Waals surface area contributed by atoms with Gasteiger partial charge >= 0.3 is 7.32 Å². The average molecular weight is 410 g/mol. The van der Waals surface area contributed by atoms with Crippen molar-refractivity contribution in [3.05, 3.63) is 0 Å². The van der Waals surface area contributed by atoms with Gasteiger partial charge in [0.1, 0.15) is 0 Å². The molecular formula is C18H39BO9. The highest BCUT2D eigenvalue weighted by atomic mass is 16.7. The van der Waals surface area contributed by atoms with Gasteiger partial charge in [-0.1, -0.05) is 0 Å². The Labute approximate surface area is 169 Å². The maximum atomic E-state index is 9.06. The van der Waals surface area contributed by atoms with Gasteiger partial charge in [-0.25, -0.2) is 0 Å². The molecule has 0 saturated heterocycles. The van der Waals surface area contributed by atoms with Gasteiger partial charge in [0, 0.05) is 0 Å². The van der Waals surface area contributed by atoms with Crippen molar-refractivity contribution < 1.29 is 43.5 Å². The Morgan fingerprint density at radius 1 is 0.500 bits per heavy atom. The van der Waals surface area contributed by atoms with Gasteiger partial charge in [-0.05, 0) is 41.5 Å². The Morgan fingerprint density at radius 3 is 0.964 bits per heavy atom. The molecule has 9 nitrogen and oxygen atoms in total. The second kappa shape index (κ2) is 16.5. The van der Waals surface area contributed by atoms with Gasteiger partial charge in [0.15, 0.2) is 0 Å². The van der Waals surface area contributed by atoms with E-state index in [0.29, 0.717) is 0 Å². The van der Waals surface area contributed by atoms with Crippen LogP contribution in [0.4, 0.5) is 0 Å². The van der Waals surface area contributed by atoms with Gasteiger partial charge in [0.2, 0.25) is 0 Å². The fourth-order valence-corrected chi connectivity index (χ4v) is 2.22. The third kappa shape index (κ3) is 14.7. The zero-order valence-corrected chi connectivity index (χ0v) is 18.1. The standard InChI is InChI=1S/C18H39BO9/c1-13(7-20)26-16(4)10-23-19(24-11-17(5)27-14(2)8-21)25-12-18(6)28-15(3)9-22/h13-18,20-22H,7-12H2,1-6H3. The molecule has 3 N–H and O–H groups in total. The summed E-state index contributed by atoms with van der Waals surface area (Å²) in [4.78, 5) is 0. The molecule has 6 atom stereocenters. The van der Waals surface area contributed by atoms with Crippen LogP contribution in [0.15, 0.2) is 0 Å². The highest BCUT2D eigenvalue weighted by molar-refractivity contribution is 6.36. The van der Waals surface area contributed by atoms with Crippen LogP contribution in [0.25, 0.3) is 0 Å². The summed E-state index contributed by atoms with van der Waals surface area (Å²) in [6.45, 7) is 11.2. The van der Waals surface area contributed by atoms with Crippen molar-refractivity contribution in [2.24, 2.45) is 0 Å². The van der Waals surface area contributed by atoms with E-state index in [1.54, 1.807) is 20.8 Å². The fraction of sp³-hybridized carbons (Fsp3) is 1.00. The van der Waals surface area contributed by atoms with E-state index < -0.39 is 7.32 Å². The van der Waals surface area contributed by atoms with E-state index in [2.05, 4.69) is 0 Å². The minimum absolute atomic E-state index is 0.0729. The fourth-order valence-electron chi connectivity index (χ4n) is 2.22. The molecule has 0 heterocycles. The van der Waals surface area contributed by atoms with Gasteiger partial charge in [-0.2, -0.15) is 0 Å². The monoisotopic (exact) mass is 410 g/mol. The largest absolute Gasteiger partial charge is 0.639 e. The van der Waals surface area contributed by atoms with E-state index in [9.17, 15) is 0 Å². The van der Waals surface area contributed by atoms with Crippen LogP contribution in [-0.2, 0) is 28.2 Å². The molecule has 0 aromatic carbocycles. The summed E-state index contributed by atoms with van der Waals surface area (Å²) in [5.41, 5.74) is 0. The maximum absolute atomic E-state index is 9.06. The summed E-state index contributed by atoms with van der Waals surface area (Å²) in [7, 11) is -0.957. The number of hydrogen-bond acceptors (Lipinski definition) is 9. The minimum Gasteiger partial charge on any atom is -0.394 e. The Morgan fingerprint density at radius 2 is 0.750 bits per heavy atom. The Bertz CT molecular complexity index is 312. The molecule has 0 aromatic rings. The smallest absolute Gasteiger partial charge is 0.394 e. The van der Waals surface area contributed by atoms with E-state index in [0.717, 1.165) is 0 Å². The van der Waals surface area contributed by atoms with Gasteiger partial charge in [-0.3, -0.25) is 0 Å². The average Bonchev–Trinajstić information content (AvgIpc) is 2.66. The van der Waals surface area contributed by atoms with Crippen molar-refractivity contribution in [3.63, 3.8) is 0 Å². The van der Waals surface area contributed by atoms with Crippen molar-refractivity contribution in [1.82, 2.24) is 0 Å². The molecule has 0 rings (SSSR count). The number of hydrogen-bond donors (Lipinski definition) is 3. The predicted octanol–water partition coefficient (Wildman–Crippen LogP) is 0.379. The molecule has 0 aliphatic carbocycles. The summed E-state index contributed by atoms with van der Waals surface area (Å²) in [6.07, 6.45) is -1.66. The van der Waals surface area contributed by atoms with Crippen LogP contribution in [-0.4, -0.2) is 98.9 Å². The Hall–Kier alpha value is -0.295. The van der Waals surface area contributed by atoms with Crippen LogP contribution in [0.1, 0.15) is 41.5 Å². The summed E-state index contributed by atoms with van der Waals surface area (Å²) >= 11 is 0. The molecule has 0 bridgehead atoms. The molecular weight excluding hydrogens is 371 g/mol. The van der Waals surface area contributed by atoms with E-state index in [1.165, 1.54) is 0 Å². The molecule has 0 aliphatic rings. The first-order valence-corrected chi connectivity index (χ1v) is 9.85. The molecule has 0 aliphatic heterocycles. The Kier molecular flexibility index (Phi) is 16.3. The summed E-state index contributed by atoms with van der Waals surface area (Å²) in [5, 5.41) is 27.2. The van der Waals surface area contributed by atoms with Crippen LogP contribution in [0.5, 0.6) is 0 Å². The third-order valence-electron chi connectivity index (χ3n) is 3.57.